The highest BCUT2D eigenvalue weighted by Gasteiger charge is 1.97. The number of methoxy groups -OCH3 is 1. The molecule has 1 rings (SSSR count). The van der Waals surface area contributed by atoms with E-state index < -0.39 is 0 Å². The molecule has 0 saturated heterocycles. The first-order valence-corrected chi connectivity index (χ1v) is 4.46. The molecule has 0 N–H and O–H groups in total. The van der Waals surface area contributed by atoms with Gasteiger partial charge in [0.15, 0.2) is 0 Å². The third-order valence-electron chi connectivity index (χ3n) is 0.993. The van der Waals surface area contributed by atoms with Crippen molar-refractivity contribution in [3.8, 4) is 5.88 Å². The monoisotopic (exact) mass is 313 g/mol. The number of rotatable bonds is 1. The SMILES string of the molecule is COc1cc(Br)c(I)cn1. The van der Waals surface area contributed by atoms with E-state index in [1.165, 1.54) is 0 Å². The third-order valence-corrected chi connectivity index (χ3v) is 3.25. The van der Waals surface area contributed by atoms with Crippen molar-refractivity contribution in [3.05, 3.63) is 20.3 Å². The highest BCUT2D eigenvalue weighted by molar-refractivity contribution is 14.1. The van der Waals surface area contributed by atoms with Gasteiger partial charge in [-0.1, -0.05) is 0 Å². The largest absolute Gasteiger partial charge is 0.481 e. The molecular weight excluding hydrogens is 309 g/mol. The lowest BCUT2D eigenvalue weighted by Gasteiger charge is -1.98. The minimum Gasteiger partial charge on any atom is -0.481 e. The van der Waals surface area contributed by atoms with E-state index in [9.17, 15) is 0 Å². The van der Waals surface area contributed by atoms with Gasteiger partial charge >= 0.3 is 0 Å². The lowest BCUT2D eigenvalue weighted by Crippen LogP contribution is -1.87. The molecule has 0 saturated carbocycles. The molecule has 0 fully saturated rings. The Morgan fingerprint density at radius 3 is 2.90 bits per heavy atom. The first-order chi connectivity index (χ1) is 4.74. The van der Waals surface area contributed by atoms with E-state index in [0.29, 0.717) is 5.88 Å². The van der Waals surface area contributed by atoms with E-state index in [-0.39, 0.29) is 0 Å². The van der Waals surface area contributed by atoms with Crippen molar-refractivity contribution in [3.63, 3.8) is 0 Å². The van der Waals surface area contributed by atoms with Crippen LogP contribution in [-0.4, -0.2) is 12.1 Å². The molecule has 0 aliphatic rings. The standard InChI is InChI=1S/C6H5BrINO/c1-10-6-2-4(7)5(8)3-9-6/h2-3H,1H3. The summed E-state index contributed by atoms with van der Waals surface area (Å²) in [7, 11) is 1.60. The summed E-state index contributed by atoms with van der Waals surface area (Å²) >= 11 is 5.55. The lowest BCUT2D eigenvalue weighted by molar-refractivity contribution is 0.397. The van der Waals surface area contributed by atoms with Gasteiger partial charge in [-0.2, -0.15) is 0 Å². The Balaban J connectivity index is 3.04. The van der Waals surface area contributed by atoms with Crippen LogP contribution in [0.4, 0.5) is 0 Å². The summed E-state index contributed by atoms with van der Waals surface area (Å²) in [5.41, 5.74) is 0. The number of aromatic nitrogens is 1. The number of hydrogen-bond acceptors (Lipinski definition) is 2. The summed E-state index contributed by atoms with van der Waals surface area (Å²) in [4.78, 5) is 4.00. The fourth-order valence-corrected chi connectivity index (χ4v) is 1.10. The second kappa shape index (κ2) is 3.52. The molecule has 1 aromatic rings. The van der Waals surface area contributed by atoms with Gasteiger partial charge in [0, 0.05) is 20.3 Å². The first-order valence-electron chi connectivity index (χ1n) is 2.59. The van der Waals surface area contributed by atoms with Crippen molar-refractivity contribution in [2.24, 2.45) is 0 Å². The van der Waals surface area contributed by atoms with Crippen LogP contribution >= 0.6 is 38.5 Å². The number of nitrogens with zero attached hydrogens (tertiary/aromatic N) is 1. The van der Waals surface area contributed by atoms with E-state index in [1.54, 1.807) is 13.3 Å². The first kappa shape index (κ1) is 8.26. The van der Waals surface area contributed by atoms with Gasteiger partial charge in [-0.05, 0) is 38.5 Å². The number of hydrogen-bond donors (Lipinski definition) is 0. The minimum atomic E-state index is 0.632. The average Bonchev–Trinajstić information content (AvgIpc) is 1.95. The Hall–Kier alpha value is 0.160. The van der Waals surface area contributed by atoms with Crippen LogP contribution < -0.4 is 4.74 Å². The van der Waals surface area contributed by atoms with Gasteiger partial charge in [-0.25, -0.2) is 4.98 Å². The van der Waals surface area contributed by atoms with E-state index >= 15 is 0 Å². The average molecular weight is 314 g/mol. The van der Waals surface area contributed by atoms with Crippen molar-refractivity contribution in [1.29, 1.82) is 0 Å². The topological polar surface area (TPSA) is 22.1 Å². The fourth-order valence-electron chi connectivity index (χ4n) is 0.508. The predicted octanol–water partition coefficient (Wildman–Crippen LogP) is 2.46. The van der Waals surface area contributed by atoms with Crippen LogP contribution in [0.15, 0.2) is 16.7 Å². The second-order valence-corrected chi connectivity index (χ2v) is 3.66. The smallest absolute Gasteiger partial charge is 0.214 e. The summed E-state index contributed by atoms with van der Waals surface area (Å²) in [6.07, 6.45) is 1.75. The molecule has 2 nitrogen and oxygen atoms in total. The van der Waals surface area contributed by atoms with Crippen LogP contribution in [0.25, 0.3) is 0 Å². The predicted molar refractivity (Wildman–Crippen MR) is 51.2 cm³/mol. The highest BCUT2D eigenvalue weighted by Crippen LogP contribution is 2.21. The third kappa shape index (κ3) is 1.82. The van der Waals surface area contributed by atoms with Crippen molar-refractivity contribution in [2.45, 2.75) is 0 Å². The quantitative estimate of drug-likeness (QED) is 0.743. The summed E-state index contributed by atoms with van der Waals surface area (Å²) in [5, 5.41) is 0. The van der Waals surface area contributed by atoms with Gasteiger partial charge in [0.1, 0.15) is 0 Å². The molecule has 0 aromatic carbocycles. The van der Waals surface area contributed by atoms with Gasteiger partial charge in [0.05, 0.1) is 7.11 Å². The van der Waals surface area contributed by atoms with Crippen molar-refractivity contribution in [2.75, 3.05) is 7.11 Å². The van der Waals surface area contributed by atoms with Crippen LogP contribution in [0.5, 0.6) is 5.88 Å². The fraction of sp³-hybridized carbons (Fsp3) is 0.167. The molecule has 1 heterocycles. The maximum Gasteiger partial charge on any atom is 0.214 e. The van der Waals surface area contributed by atoms with Crippen LogP contribution in [0.3, 0.4) is 0 Å². The van der Waals surface area contributed by atoms with Gasteiger partial charge in [0.2, 0.25) is 5.88 Å². The Morgan fingerprint density at radius 2 is 2.40 bits per heavy atom. The highest BCUT2D eigenvalue weighted by atomic mass is 127. The summed E-state index contributed by atoms with van der Waals surface area (Å²) in [6.45, 7) is 0. The van der Waals surface area contributed by atoms with E-state index in [2.05, 4.69) is 43.5 Å². The van der Waals surface area contributed by atoms with Crippen LogP contribution in [-0.2, 0) is 0 Å². The minimum absolute atomic E-state index is 0.632. The van der Waals surface area contributed by atoms with E-state index in [4.69, 9.17) is 4.74 Å². The maximum absolute atomic E-state index is 4.91. The number of halogens is 2. The zero-order valence-corrected chi connectivity index (χ0v) is 9.01. The Labute approximate surface area is 81.3 Å². The van der Waals surface area contributed by atoms with Gasteiger partial charge in [-0.3, -0.25) is 0 Å². The zero-order chi connectivity index (χ0) is 7.56. The van der Waals surface area contributed by atoms with Crippen LogP contribution in [0.2, 0.25) is 0 Å². The molecule has 10 heavy (non-hydrogen) atoms. The van der Waals surface area contributed by atoms with Crippen LogP contribution in [0.1, 0.15) is 0 Å². The summed E-state index contributed by atoms with van der Waals surface area (Å²) in [6, 6.07) is 1.84. The van der Waals surface area contributed by atoms with Crippen LogP contribution in [0, 0.1) is 3.57 Å². The number of pyridine rings is 1. The molecule has 0 unspecified atom stereocenters. The number of ether oxygens (including phenoxy) is 1. The molecule has 0 amide bonds. The Morgan fingerprint density at radius 1 is 1.70 bits per heavy atom. The lowest BCUT2D eigenvalue weighted by atomic mass is 10.5. The summed E-state index contributed by atoms with van der Waals surface area (Å²) in [5.74, 6) is 0.632. The molecule has 0 bridgehead atoms. The van der Waals surface area contributed by atoms with Crippen molar-refractivity contribution in [1.82, 2.24) is 4.98 Å². The van der Waals surface area contributed by atoms with Crippen molar-refractivity contribution >= 4 is 38.5 Å². The second-order valence-electron chi connectivity index (χ2n) is 1.64. The molecule has 0 aliphatic carbocycles. The van der Waals surface area contributed by atoms with Gasteiger partial charge in [-0.15, -0.1) is 0 Å². The Kier molecular flexibility index (Phi) is 2.91. The molecular formula is C6H5BrINO. The Bertz CT molecular complexity index is 241. The molecule has 0 spiro atoms. The molecule has 1 aromatic heterocycles. The molecule has 54 valence electrons. The summed E-state index contributed by atoms with van der Waals surface area (Å²) < 4.78 is 7.00. The van der Waals surface area contributed by atoms with Gasteiger partial charge in [0.25, 0.3) is 0 Å². The zero-order valence-electron chi connectivity index (χ0n) is 5.27. The molecule has 0 aliphatic heterocycles. The molecule has 0 radical (unpaired) electrons. The molecule has 4 heteroatoms. The van der Waals surface area contributed by atoms with Crippen molar-refractivity contribution < 1.29 is 4.74 Å². The maximum atomic E-state index is 4.91. The molecule has 0 atom stereocenters. The van der Waals surface area contributed by atoms with E-state index in [0.717, 1.165) is 8.04 Å². The van der Waals surface area contributed by atoms with E-state index in [1.807, 2.05) is 6.07 Å². The van der Waals surface area contributed by atoms with Gasteiger partial charge < -0.3 is 4.74 Å². The normalized spacial score (nSPS) is 9.50.